The first-order chi connectivity index (χ1) is 42.4. The van der Waals surface area contributed by atoms with Gasteiger partial charge in [0.15, 0.2) is 0 Å². The van der Waals surface area contributed by atoms with Crippen LogP contribution in [0.3, 0.4) is 0 Å². The number of hydrogen-bond acceptors (Lipinski definition) is 3. The van der Waals surface area contributed by atoms with Crippen LogP contribution in [0.5, 0.6) is 5.75 Å². The average Bonchev–Trinajstić information content (AvgIpc) is 0.793. The van der Waals surface area contributed by atoms with Crippen molar-refractivity contribution in [1.82, 2.24) is 14.5 Å². The number of para-hydroxylation sites is 1. The second-order valence-electron chi connectivity index (χ2n) is 22.9. The first-order valence-corrected chi connectivity index (χ1v) is 23.8. The van der Waals surface area contributed by atoms with Crippen molar-refractivity contribution >= 4 is 11.0 Å². The van der Waals surface area contributed by atoms with E-state index >= 15 is 0 Å². The minimum Gasteiger partial charge on any atom is -0.507 e. The molecule has 2 heterocycles. The smallest absolute Gasteiger partial charge is 0.149 e. The van der Waals surface area contributed by atoms with Gasteiger partial charge in [-0.15, -0.1) is 0 Å². The summed E-state index contributed by atoms with van der Waals surface area (Å²) in [5, 5.41) is 13.5. The predicted molar refractivity (Wildman–Crippen MR) is 305 cm³/mol. The highest BCUT2D eigenvalue weighted by Gasteiger charge is 2.33. The molecule has 2 aromatic heterocycles. The number of imidazole rings is 1. The number of hydrogen-bond donors (Lipinski definition) is 1. The van der Waals surface area contributed by atoms with Gasteiger partial charge in [-0.3, -0.25) is 9.55 Å². The fourth-order valence-electron chi connectivity index (χ4n) is 8.96. The molecule has 0 radical (unpaired) electrons. The summed E-state index contributed by atoms with van der Waals surface area (Å²) in [6.07, 6.45) is 1.32. The van der Waals surface area contributed by atoms with Crippen molar-refractivity contribution in [3.05, 3.63) is 166 Å². The lowest BCUT2D eigenvalue weighted by Crippen LogP contribution is -2.21. The second kappa shape index (κ2) is 17.8. The molecule has 0 saturated carbocycles. The van der Waals surface area contributed by atoms with Crippen molar-refractivity contribution < 1.29 is 36.6 Å². The molecule has 0 spiro atoms. The molecule has 4 heteroatoms. The maximum atomic E-state index is 13.5. The summed E-state index contributed by atoms with van der Waals surface area (Å²) in [6.45, 7) is -5.00. The number of pyridine rings is 1. The quantitative estimate of drug-likeness (QED) is 0.181. The van der Waals surface area contributed by atoms with Crippen molar-refractivity contribution in [2.24, 2.45) is 0 Å². The number of phenolic OH excluding ortho intramolecular Hbond substituents is 1. The number of aromatic nitrogens is 3. The lowest BCUT2D eigenvalue weighted by Gasteiger charge is -2.31. The van der Waals surface area contributed by atoms with E-state index in [1.54, 1.807) is 60.7 Å². The third-order valence-corrected chi connectivity index (χ3v) is 13.1. The summed E-state index contributed by atoms with van der Waals surface area (Å²) in [4.78, 5) is 10.0. The van der Waals surface area contributed by atoms with Crippen molar-refractivity contribution in [3.63, 3.8) is 0 Å². The Morgan fingerprint density at radius 2 is 1.10 bits per heavy atom. The maximum absolute atomic E-state index is 13.5. The van der Waals surface area contributed by atoms with Crippen LogP contribution < -0.4 is 0 Å². The SMILES string of the molecule is [2H]c1c(-c2nc3c(-c4cc(-c5cc(-c6ccc(C(C)(C)C)cc6)c(C([2H])([2H])[2H])cn5)cc(C(C)(C)C)c4)cccc3n2-c2c(-c3ccccc3)cc(C(C)(C)C)cc2C(C)(C)C)c(O)c(C(C([2H])([2H])[2H])(C([2H])([2H])[2H])C([2H])([2H])[2H])c([2H])c1C(C([2H])([2H])[2H])(C([2H])([2H])[2H])C([2H])([2H])[2H]. The van der Waals surface area contributed by atoms with E-state index < -0.39 is 115 Å². The predicted octanol–water partition coefficient (Wildman–Crippen LogP) is 18.6. The fourth-order valence-corrected chi connectivity index (χ4v) is 8.96. The van der Waals surface area contributed by atoms with Gasteiger partial charge in [0, 0.05) is 57.2 Å². The van der Waals surface area contributed by atoms with E-state index in [0.29, 0.717) is 50.2 Å². The molecule has 8 rings (SSSR count). The van der Waals surface area contributed by atoms with E-state index in [4.69, 9.17) is 38.8 Å². The highest BCUT2D eigenvalue weighted by Crippen LogP contribution is 2.48. The van der Waals surface area contributed by atoms with Crippen molar-refractivity contribution in [1.29, 1.82) is 0 Å². The van der Waals surface area contributed by atoms with Crippen LogP contribution in [0.4, 0.5) is 0 Å². The Hall–Kier alpha value is -6.26. The van der Waals surface area contributed by atoms with E-state index in [0.717, 1.165) is 16.7 Å². The first kappa shape index (κ1) is 29.3. The molecular formula is C67H79N3O. The zero-order valence-electron chi connectivity index (χ0n) is 65.8. The summed E-state index contributed by atoms with van der Waals surface area (Å²) in [5.41, 5.74) is -9.19. The van der Waals surface area contributed by atoms with Crippen LogP contribution in [0.1, 0.15) is 195 Å². The molecule has 4 nitrogen and oxygen atoms in total. The monoisotopic (exact) mass is 965 g/mol. The van der Waals surface area contributed by atoms with Crippen LogP contribution in [0.15, 0.2) is 127 Å². The highest BCUT2D eigenvalue weighted by molar-refractivity contribution is 5.98. The van der Waals surface area contributed by atoms with Crippen LogP contribution in [-0.2, 0) is 32.5 Å². The Morgan fingerprint density at radius 3 is 1.70 bits per heavy atom. The molecule has 0 aliphatic heterocycles. The summed E-state index contributed by atoms with van der Waals surface area (Å²) in [5.74, 6) is -2.42. The van der Waals surface area contributed by atoms with E-state index in [2.05, 4.69) is 20.8 Å². The van der Waals surface area contributed by atoms with E-state index in [-0.39, 0.29) is 27.7 Å². The largest absolute Gasteiger partial charge is 0.507 e. The molecule has 0 aliphatic carbocycles. The number of rotatable bonds is 6. The minimum absolute atomic E-state index is 0.000658. The fraction of sp³-hybridized carbons (Fsp3) is 0.373. The third kappa shape index (κ3) is 10.1. The van der Waals surface area contributed by atoms with Gasteiger partial charge < -0.3 is 5.11 Å². The lowest BCUT2D eigenvalue weighted by atomic mass is 9.77. The van der Waals surface area contributed by atoms with Crippen LogP contribution in [0.2, 0.25) is 0 Å². The molecule has 8 aromatic rings. The van der Waals surface area contributed by atoms with Gasteiger partial charge in [0.25, 0.3) is 0 Å². The molecule has 0 amide bonds. The standard InChI is InChI=1S/C67H79N3O/c1-41-40-68-56(39-51(41)43-28-30-46(31-29-43)62(2,3)4)45-32-44(33-47(34-45)63(5,6)7)50-26-23-27-57-58(50)69-61(53-36-49(65(11,12)13)38-55(60(53)71)67(17,18)19)70(57)59-52(42-24-21-20-22-25-42)35-48(64(8,9)10)37-54(59)66(14,15)16/h20-40,71H,1-19H3/i1D3,11D3,12D3,13D3,17D3,18D3,19D3,36D,38D. The molecule has 0 aliphatic rings. The second-order valence-corrected chi connectivity index (χ2v) is 22.9. The summed E-state index contributed by atoms with van der Waals surface area (Å²) in [7, 11) is 0. The zero-order valence-corrected chi connectivity index (χ0v) is 42.8. The van der Waals surface area contributed by atoms with E-state index in [1.165, 1.54) is 10.8 Å². The summed E-state index contributed by atoms with van der Waals surface area (Å²) in [6, 6.07) is 29.1. The van der Waals surface area contributed by atoms with Crippen LogP contribution >= 0.6 is 0 Å². The molecule has 0 saturated heterocycles. The number of phenols is 1. The topological polar surface area (TPSA) is 50.9 Å². The Labute approximate surface area is 459 Å². The van der Waals surface area contributed by atoms with Gasteiger partial charge in [0.1, 0.15) is 11.6 Å². The molecule has 0 unspecified atom stereocenters. The van der Waals surface area contributed by atoms with Gasteiger partial charge in [-0.25, -0.2) is 4.98 Å². The third-order valence-electron chi connectivity index (χ3n) is 13.1. The lowest BCUT2D eigenvalue weighted by molar-refractivity contribution is 0.446. The van der Waals surface area contributed by atoms with Gasteiger partial charge in [0.2, 0.25) is 0 Å². The Balaban J connectivity index is 1.71. The van der Waals surface area contributed by atoms with Gasteiger partial charge in [-0.2, -0.15) is 0 Å². The van der Waals surface area contributed by atoms with Crippen LogP contribution in [-0.4, -0.2) is 19.6 Å². The normalized spacial score (nSPS) is 19.1. The number of fused-ring (bicyclic) bond motifs is 1. The Bertz CT molecular complexity index is 4060. The van der Waals surface area contributed by atoms with Crippen LogP contribution in [0, 0.1) is 6.85 Å². The highest BCUT2D eigenvalue weighted by atomic mass is 16.3. The molecule has 6 aromatic carbocycles. The van der Waals surface area contributed by atoms with Crippen molar-refractivity contribution in [3.8, 4) is 67.5 Å². The van der Waals surface area contributed by atoms with E-state index in [9.17, 15) is 7.85 Å². The van der Waals surface area contributed by atoms with Gasteiger partial charge >= 0.3 is 0 Å². The zero-order chi connectivity index (χ0) is 71.2. The minimum atomic E-state index is -4.48. The molecule has 0 fully saturated rings. The van der Waals surface area contributed by atoms with Gasteiger partial charge in [0.05, 0.1) is 30.7 Å². The molecule has 71 heavy (non-hydrogen) atoms. The van der Waals surface area contributed by atoms with Gasteiger partial charge in [-0.05, 0) is 131 Å². The van der Waals surface area contributed by atoms with Crippen LogP contribution in [0.25, 0.3) is 72.7 Å². The van der Waals surface area contributed by atoms with E-state index in [1.807, 2.05) is 111 Å². The Kier molecular flexibility index (Phi) is 7.34. The first-order valence-electron chi connectivity index (χ1n) is 35.3. The number of aromatic hydroxyl groups is 1. The average molecular weight is 966 g/mol. The molecule has 1 N–H and O–H groups in total. The maximum Gasteiger partial charge on any atom is 0.149 e. The number of nitrogens with zero attached hydrogens (tertiary/aromatic N) is 3. The summed E-state index contributed by atoms with van der Waals surface area (Å²) < 4.78 is 208. The van der Waals surface area contributed by atoms with Crippen molar-refractivity contribution in [2.45, 2.75) is 164 Å². The molecule has 0 bridgehead atoms. The van der Waals surface area contributed by atoms with Crippen molar-refractivity contribution in [2.75, 3.05) is 0 Å². The van der Waals surface area contributed by atoms with Gasteiger partial charge in [-0.1, -0.05) is 209 Å². The number of benzene rings is 6. The number of aryl methyl sites for hydroxylation is 1. The molecule has 368 valence electrons. The Morgan fingerprint density at radius 1 is 0.479 bits per heavy atom. The molecular weight excluding hydrogens is 863 g/mol. The molecule has 0 atom stereocenters. The summed E-state index contributed by atoms with van der Waals surface area (Å²) >= 11 is 0.